The Morgan fingerprint density at radius 1 is 1.22 bits per heavy atom. The first-order valence-corrected chi connectivity index (χ1v) is 13.9. The van der Waals surface area contributed by atoms with Gasteiger partial charge in [0, 0.05) is 18.0 Å². The summed E-state index contributed by atoms with van der Waals surface area (Å²) in [6.07, 6.45) is 4.24. The van der Waals surface area contributed by atoms with Crippen molar-refractivity contribution in [3.63, 3.8) is 0 Å². The first-order chi connectivity index (χ1) is 19.8. The number of nitrogens with zero attached hydrogens (tertiary/aromatic N) is 5. The van der Waals surface area contributed by atoms with Crippen LogP contribution in [0.2, 0.25) is 0 Å². The van der Waals surface area contributed by atoms with Gasteiger partial charge in [0.25, 0.3) is 5.56 Å². The van der Waals surface area contributed by atoms with E-state index < -0.39 is 17.9 Å². The minimum Gasteiger partial charge on any atom is -0.479 e. The third-order valence-electron chi connectivity index (χ3n) is 7.85. The average molecular weight is 558 g/mol. The molecule has 1 saturated carbocycles. The minimum atomic E-state index is -1.00. The van der Waals surface area contributed by atoms with Crippen LogP contribution in [0.1, 0.15) is 74.4 Å². The summed E-state index contributed by atoms with van der Waals surface area (Å²) in [6.45, 7) is 3.53. The van der Waals surface area contributed by atoms with Crippen molar-refractivity contribution >= 4 is 11.7 Å². The number of benzene rings is 2. The third kappa shape index (κ3) is 5.63. The third-order valence-corrected chi connectivity index (χ3v) is 7.85. The van der Waals surface area contributed by atoms with Crippen molar-refractivity contribution < 1.29 is 19.0 Å². The van der Waals surface area contributed by atoms with Gasteiger partial charge in [0.1, 0.15) is 12.1 Å². The summed E-state index contributed by atoms with van der Waals surface area (Å²) in [7, 11) is 0. The van der Waals surface area contributed by atoms with Gasteiger partial charge in [0.15, 0.2) is 6.10 Å². The van der Waals surface area contributed by atoms with Crippen LogP contribution < -0.4 is 5.56 Å². The molecule has 1 unspecified atom stereocenters. The van der Waals surface area contributed by atoms with E-state index in [1.165, 1.54) is 19.3 Å². The number of rotatable bonds is 9. The zero-order chi connectivity index (χ0) is 29.1. The lowest BCUT2D eigenvalue weighted by Gasteiger charge is -2.31. The number of halogens is 1. The molecule has 41 heavy (non-hydrogen) atoms. The van der Waals surface area contributed by atoms with Crippen LogP contribution in [-0.4, -0.2) is 42.4 Å². The zero-order valence-corrected chi connectivity index (χ0v) is 23.1. The molecule has 1 atom stereocenters. The normalized spacial score (nSPS) is 17.8. The maximum absolute atomic E-state index is 15.5. The molecule has 0 spiro atoms. The molecule has 1 fully saturated rings. The number of fused-ring (bicyclic) bond motifs is 1. The van der Waals surface area contributed by atoms with Crippen LogP contribution in [0.4, 0.5) is 4.39 Å². The lowest BCUT2D eigenvalue weighted by Crippen LogP contribution is -2.36. The van der Waals surface area contributed by atoms with E-state index in [0.29, 0.717) is 71.4 Å². The summed E-state index contributed by atoms with van der Waals surface area (Å²) in [4.78, 5) is 29.8. The highest BCUT2D eigenvalue weighted by atomic mass is 19.1. The monoisotopic (exact) mass is 557 g/mol. The Morgan fingerprint density at radius 2 is 1.98 bits per heavy atom. The Kier molecular flexibility index (Phi) is 8.26. The summed E-state index contributed by atoms with van der Waals surface area (Å²) in [5, 5.41) is 23.1. The Bertz CT molecular complexity index is 1680. The molecule has 1 aliphatic carbocycles. The van der Waals surface area contributed by atoms with Crippen LogP contribution >= 0.6 is 0 Å². The molecule has 2 heterocycles. The van der Waals surface area contributed by atoms with Gasteiger partial charge in [0.05, 0.1) is 23.4 Å². The zero-order valence-electron chi connectivity index (χ0n) is 23.1. The van der Waals surface area contributed by atoms with Crippen molar-refractivity contribution in [3.05, 3.63) is 87.3 Å². The van der Waals surface area contributed by atoms with Crippen LogP contribution in [0.3, 0.4) is 0 Å². The van der Waals surface area contributed by atoms with Crippen molar-refractivity contribution in [2.24, 2.45) is 0 Å². The number of carboxylic acids is 1. The largest absolute Gasteiger partial charge is 0.479 e. The molecule has 2 aromatic carbocycles. The predicted molar refractivity (Wildman–Crippen MR) is 150 cm³/mol. The fourth-order valence-corrected chi connectivity index (χ4v) is 5.75. The summed E-state index contributed by atoms with van der Waals surface area (Å²) < 4.78 is 24.6. The molecule has 1 aliphatic rings. The van der Waals surface area contributed by atoms with E-state index in [1.54, 1.807) is 45.5 Å². The second-order valence-electron chi connectivity index (χ2n) is 10.5. The van der Waals surface area contributed by atoms with E-state index in [4.69, 9.17) is 4.74 Å². The molecule has 5 rings (SSSR count). The summed E-state index contributed by atoms with van der Waals surface area (Å²) in [5.41, 5.74) is 3.06. The van der Waals surface area contributed by atoms with Gasteiger partial charge in [0.2, 0.25) is 5.78 Å². The van der Waals surface area contributed by atoms with Crippen LogP contribution in [-0.2, 0) is 22.4 Å². The van der Waals surface area contributed by atoms with Crippen molar-refractivity contribution in [2.45, 2.75) is 77.0 Å². The SMILES string of the molecule is CCCc1c(Cc2ccc(-c3ccccc3C#N)cc2F)c(=O)n([C@H]2CC[C@H](OC(C)C(=O)O)CC2)c2ncnn12. The number of nitriles is 1. The molecular formula is C31H32FN5O4. The highest BCUT2D eigenvalue weighted by Gasteiger charge is 2.30. The van der Waals surface area contributed by atoms with Gasteiger partial charge < -0.3 is 9.84 Å². The van der Waals surface area contributed by atoms with Gasteiger partial charge in [-0.25, -0.2) is 13.7 Å². The topological polar surface area (TPSA) is 123 Å². The Hall–Kier alpha value is -4.36. The van der Waals surface area contributed by atoms with E-state index >= 15 is 4.39 Å². The molecule has 0 saturated heterocycles. The van der Waals surface area contributed by atoms with Gasteiger partial charge in [-0.3, -0.25) is 9.36 Å². The molecule has 212 valence electrons. The second kappa shape index (κ2) is 12.0. The average Bonchev–Trinajstić information content (AvgIpc) is 3.46. The Morgan fingerprint density at radius 3 is 2.66 bits per heavy atom. The summed E-state index contributed by atoms with van der Waals surface area (Å²) >= 11 is 0. The highest BCUT2D eigenvalue weighted by molar-refractivity contribution is 5.72. The maximum atomic E-state index is 15.5. The van der Waals surface area contributed by atoms with E-state index in [-0.39, 0.29) is 24.1 Å². The fourth-order valence-electron chi connectivity index (χ4n) is 5.75. The van der Waals surface area contributed by atoms with Crippen LogP contribution in [0.25, 0.3) is 16.9 Å². The van der Waals surface area contributed by atoms with Gasteiger partial charge >= 0.3 is 5.97 Å². The van der Waals surface area contributed by atoms with Crippen molar-refractivity contribution in [1.82, 2.24) is 19.2 Å². The Labute approximate surface area is 236 Å². The lowest BCUT2D eigenvalue weighted by atomic mass is 9.92. The number of aromatic nitrogens is 4. The number of hydrogen-bond acceptors (Lipinski definition) is 6. The molecule has 10 heteroatoms. The molecule has 1 N–H and O–H groups in total. The number of aliphatic carboxylic acids is 1. The minimum absolute atomic E-state index is 0.0879. The van der Waals surface area contributed by atoms with Crippen molar-refractivity contribution in [2.75, 3.05) is 0 Å². The summed E-state index contributed by atoms with van der Waals surface area (Å²) in [5.74, 6) is -0.999. The predicted octanol–water partition coefficient (Wildman–Crippen LogP) is 5.09. The van der Waals surface area contributed by atoms with Gasteiger partial charge in [-0.05, 0) is 67.9 Å². The second-order valence-corrected chi connectivity index (χ2v) is 10.5. The fraction of sp³-hybridized carbons (Fsp3) is 0.387. The molecule has 2 aromatic heterocycles. The quantitative estimate of drug-likeness (QED) is 0.304. The van der Waals surface area contributed by atoms with Gasteiger partial charge in [-0.15, -0.1) is 0 Å². The molecule has 0 radical (unpaired) electrons. The van der Waals surface area contributed by atoms with E-state index in [9.17, 15) is 20.0 Å². The lowest BCUT2D eigenvalue weighted by molar-refractivity contribution is -0.154. The van der Waals surface area contributed by atoms with Crippen LogP contribution in [0, 0.1) is 17.1 Å². The van der Waals surface area contributed by atoms with Crippen molar-refractivity contribution in [1.29, 1.82) is 5.26 Å². The molecule has 0 bridgehead atoms. The van der Waals surface area contributed by atoms with Crippen molar-refractivity contribution in [3.8, 4) is 17.2 Å². The number of hydrogen-bond donors (Lipinski definition) is 1. The number of carboxylic acid groups (broad SMARTS) is 1. The van der Waals surface area contributed by atoms with Gasteiger partial charge in [-0.1, -0.05) is 43.7 Å². The number of carbonyl (C=O) groups is 1. The smallest absolute Gasteiger partial charge is 0.332 e. The maximum Gasteiger partial charge on any atom is 0.332 e. The highest BCUT2D eigenvalue weighted by Crippen LogP contribution is 2.32. The van der Waals surface area contributed by atoms with Gasteiger partial charge in [-0.2, -0.15) is 15.3 Å². The van der Waals surface area contributed by atoms with E-state index in [0.717, 1.165) is 6.42 Å². The molecular weight excluding hydrogens is 525 g/mol. The number of ether oxygens (including phenoxy) is 1. The van der Waals surface area contributed by atoms with Crippen LogP contribution in [0.5, 0.6) is 0 Å². The molecule has 4 aromatic rings. The number of aryl methyl sites for hydroxylation is 1. The molecule has 9 nitrogen and oxygen atoms in total. The van der Waals surface area contributed by atoms with E-state index in [1.807, 2.05) is 6.92 Å². The first kappa shape index (κ1) is 28.2. The van der Waals surface area contributed by atoms with E-state index in [2.05, 4.69) is 16.2 Å². The molecule has 0 aliphatic heterocycles. The molecule has 0 amide bonds. The van der Waals surface area contributed by atoms with Crippen LogP contribution in [0.15, 0.2) is 53.6 Å². The standard InChI is InChI=1S/C31H32FN5O4/c1-3-6-28-26(15-21-10-9-20(16-27(21)32)25-8-5-4-7-22(25)17-33)29(38)36(31-34-18-35-37(28)31)23-11-13-24(14-12-23)41-19(2)30(39)40/h4-5,7-10,16,18-19,23-24H,3,6,11-15H2,1-2H3,(H,39,40)/t19?,23-,24-. The summed E-state index contributed by atoms with van der Waals surface area (Å²) in [6, 6.07) is 13.9. The Balaban J connectivity index is 1.50. The first-order valence-electron chi connectivity index (χ1n) is 13.9.